The number of allylic oxidation sites excluding steroid dienone is 2. The Morgan fingerprint density at radius 3 is 2.46 bits per heavy atom. The molecule has 14 nitrogen and oxygen atoms in total. The van der Waals surface area contributed by atoms with Crippen molar-refractivity contribution in [2.45, 2.75) is 97.4 Å². The minimum Gasteiger partial charge on any atom is -0.496 e. The van der Waals surface area contributed by atoms with Gasteiger partial charge in [0.05, 0.1) is 40.6 Å². The lowest BCUT2D eigenvalue weighted by Gasteiger charge is -2.22. The number of aromatic amines is 1. The summed E-state index contributed by atoms with van der Waals surface area (Å²) in [6.07, 6.45) is 12.8. The van der Waals surface area contributed by atoms with Gasteiger partial charge in [-0.25, -0.2) is 9.71 Å². The van der Waals surface area contributed by atoms with Crippen molar-refractivity contribution in [3.8, 4) is 16.5 Å². The number of halogens is 2. The van der Waals surface area contributed by atoms with Gasteiger partial charge in [-0.05, 0) is 94.0 Å². The number of carbonyl (C=O) groups is 3. The molecular weight excluding hydrogens is 886 g/mol. The summed E-state index contributed by atoms with van der Waals surface area (Å²) in [5, 5.41) is 7.38. The lowest BCUT2D eigenvalue weighted by Crippen LogP contribution is -2.45. The average molecular weight is 945 g/mol. The molecule has 2 aromatic heterocycles. The minimum atomic E-state index is -3.61. The molecule has 5 N–H and O–H groups in total. The molecule has 7 rings (SSSR count). The predicted octanol–water partition coefficient (Wildman–Crippen LogP) is 8.19. The SMILES string of the molecule is CCCCC/C=C\[C@@H]1C[C@@H]1C(=O)NS(=O)(=O)N1CCCC1.COc1ccc2c(=O)cc(-c3nc(C(C)C)cs3)[nH]c2c1C.NC(=O)[C@@H]1CCCN1C(=O)CNc1ccc(Cl)c(Cl)c1. The van der Waals surface area contributed by atoms with Crippen LogP contribution in [-0.4, -0.2) is 84.6 Å². The molecule has 3 aliphatic rings. The van der Waals surface area contributed by atoms with Crippen molar-refractivity contribution >= 4 is 79.1 Å². The Labute approximate surface area is 384 Å². The molecule has 0 spiro atoms. The Morgan fingerprint density at radius 2 is 1.81 bits per heavy atom. The number of pyridine rings is 1. The Balaban J connectivity index is 0.000000178. The lowest BCUT2D eigenvalue weighted by atomic mass is 10.1. The molecule has 18 heteroatoms. The number of hydrogen-bond acceptors (Lipinski definition) is 10. The van der Waals surface area contributed by atoms with Gasteiger partial charge in [0.2, 0.25) is 17.7 Å². The Bertz CT molecular complexity index is 2430. The summed E-state index contributed by atoms with van der Waals surface area (Å²) >= 11 is 13.3. The first-order valence-electron chi connectivity index (χ1n) is 21.5. The zero-order chi connectivity index (χ0) is 45.8. The highest BCUT2D eigenvalue weighted by Crippen LogP contribution is 2.40. The maximum absolute atomic E-state index is 12.4. The number of primary amides is 1. The van der Waals surface area contributed by atoms with Crippen LogP contribution >= 0.6 is 34.5 Å². The van der Waals surface area contributed by atoms with Gasteiger partial charge >= 0.3 is 10.2 Å². The normalized spacial score (nSPS) is 18.5. The molecule has 0 bridgehead atoms. The summed E-state index contributed by atoms with van der Waals surface area (Å²) in [6.45, 7) is 10.0. The summed E-state index contributed by atoms with van der Waals surface area (Å²) in [6, 6.07) is 9.79. The fourth-order valence-corrected chi connectivity index (χ4v) is 9.93. The maximum atomic E-state index is 12.4. The quantitative estimate of drug-likeness (QED) is 0.0671. The van der Waals surface area contributed by atoms with E-state index < -0.39 is 22.2 Å². The van der Waals surface area contributed by atoms with E-state index in [9.17, 15) is 27.6 Å². The van der Waals surface area contributed by atoms with E-state index in [1.807, 2.05) is 18.4 Å². The number of anilines is 1. The Kier molecular flexibility index (Phi) is 18.0. The second kappa shape index (κ2) is 22.9. The number of benzene rings is 2. The van der Waals surface area contributed by atoms with E-state index in [0.717, 1.165) is 65.3 Å². The molecule has 0 unspecified atom stereocenters. The van der Waals surface area contributed by atoms with E-state index in [0.29, 0.717) is 53.1 Å². The van der Waals surface area contributed by atoms with E-state index in [2.05, 4.69) is 52.9 Å². The van der Waals surface area contributed by atoms with Crippen LogP contribution in [0, 0.1) is 18.8 Å². The minimum absolute atomic E-state index is 0.00389. The second-order valence-electron chi connectivity index (χ2n) is 16.2. The summed E-state index contributed by atoms with van der Waals surface area (Å²) in [5.74, 6) is 0.249. The molecule has 2 aromatic carbocycles. The monoisotopic (exact) mass is 943 g/mol. The van der Waals surface area contributed by atoms with Crippen molar-refractivity contribution in [2.75, 3.05) is 38.6 Å². The van der Waals surface area contributed by atoms with Crippen LogP contribution in [0.5, 0.6) is 5.75 Å². The number of ether oxygens (including phenoxy) is 1. The zero-order valence-corrected chi connectivity index (χ0v) is 39.7. The standard InChI is InChI=1S/C17H18N2O2S.C15H26N2O3S.C13H15Cl2N3O2/c1-9(2)13-8-22-17(19-13)12-7-14(20)11-5-6-15(21-4)10(3)16(11)18-12;1-2-3-4-5-6-9-13-12-14(13)15(18)16-21(19,20)17-10-7-8-11-17;14-9-4-3-8(6-10(9)15)17-7-12(19)18-5-1-2-11(18)13(16)20/h5-9H,1-4H3,(H,18,20);6,9,13-14H,2-5,7-8,10-12H2,1H3,(H,16,18);3-4,6,11,17H,1-2,5,7H2,(H2,16,20)/b;9-6-;/t;13-,14+;11-/m.10/s1. The third-order valence-corrected chi connectivity index (χ3v) is 14.4. The van der Waals surface area contributed by atoms with Gasteiger partial charge in [0.15, 0.2) is 5.43 Å². The molecule has 3 amide bonds. The number of H-pyrrole nitrogens is 1. The molecule has 3 atom stereocenters. The molecule has 0 radical (unpaired) electrons. The van der Waals surface area contributed by atoms with Crippen molar-refractivity contribution in [3.63, 3.8) is 0 Å². The number of amides is 3. The number of hydrogen-bond donors (Lipinski definition) is 4. The van der Waals surface area contributed by atoms with E-state index in [4.69, 9.17) is 33.7 Å². The molecule has 1 aliphatic carbocycles. The number of carbonyl (C=O) groups excluding carboxylic acids is 3. The van der Waals surface area contributed by atoms with Crippen molar-refractivity contribution in [1.29, 1.82) is 0 Å². The number of unbranched alkanes of at least 4 members (excludes halogenated alkanes) is 3. The van der Waals surface area contributed by atoms with Crippen LogP contribution in [0.3, 0.4) is 0 Å². The maximum Gasteiger partial charge on any atom is 0.303 e. The summed E-state index contributed by atoms with van der Waals surface area (Å²) < 4.78 is 32.9. The van der Waals surface area contributed by atoms with Crippen molar-refractivity contribution in [3.05, 3.63) is 85.5 Å². The third kappa shape index (κ3) is 13.5. The molecule has 342 valence electrons. The molecule has 63 heavy (non-hydrogen) atoms. The molecule has 3 fully saturated rings. The van der Waals surface area contributed by atoms with Gasteiger partial charge in [0.25, 0.3) is 0 Å². The highest BCUT2D eigenvalue weighted by atomic mass is 35.5. The van der Waals surface area contributed by atoms with Crippen LogP contribution in [0.25, 0.3) is 21.6 Å². The summed E-state index contributed by atoms with van der Waals surface area (Å²) in [4.78, 5) is 57.2. The molecular formula is C45H59Cl2N7O7S2. The lowest BCUT2D eigenvalue weighted by molar-refractivity contribution is -0.135. The van der Waals surface area contributed by atoms with Crippen molar-refractivity contribution in [1.82, 2.24) is 23.9 Å². The Morgan fingerprint density at radius 1 is 1.06 bits per heavy atom. The molecule has 2 saturated heterocycles. The van der Waals surface area contributed by atoms with Crippen LogP contribution in [0.15, 0.2) is 58.7 Å². The fraction of sp³-hybridized carbons (Fsp3) is 0.489. The predicted molar refractivity (Wildman–Crippen MR) is 253 cm³/mol. The molecule has 4 heterocycles. The molecule has 1 saturated carbocycles. The third-order valence-electron chi connectivity index (χ3n) is 11.2. The number of aromatic nitrogens is 2. The van der Waals surface area contributed by atoms with Crippen LogP contribution in [-0.2, 0) is 24.6 Å². The number of thiazole rings is 1. The van der Waals surface area contributed by atoms with Crippen molar-refractivity contribution in [2.24, 2.45) is 17.6 Å². The summed E-state index contributed by atoms with van der Waals surface area (Å²) in [5.41, 5.74) is 9.52. The topological polar surface area (TPSA) is 197 Å². The average Bonchev–Trinajstić information content (AvgIpc) is 3.70. The van der Waals surface area contributed by atoms with Gasteiger partial charge in [0.1, 0.15) is 16.8 Å². The number of aryl methyl sites for hydroxylation is 1. The van der Waals surface area contributed by atoms with Gasteiger partial charge in [0, 0.05) is 53.6 Å². The number of rotatable bonds is 15. The first-order chi connectivity index (χ1) is 30.0. The van der Waals surface area contributed by atoms with Gasteiger partial charge < -0.3 is 25.7 Å². The number of likely N-dealkylation sites (tertiary alicyclic amines) is 1. The molecule has 2 aliphatic heterocycles. The fourth-order valence-electron chi connectivity index (χ4n) is 7.40. The van der Waals surface area contributed by atoms with Gasteiger partial charge in [-0.2, -0.15) is 12.7 Å². The molecule has 4 aromatic rings. The van der Waals surface area contributed by atoms with E-state index in [1.54, 1.807) is 48.8 Å². The van der Waals surface area contributed by atoms with Crippen LogP contribution in [0.1, 0.15) is 95.7 Å². The van der Waals surface area contributed by atoms with Crippen LogP contribution < -0.4 is 25.9 Å². The number of nitrogens with one attached hydrogen (secondary N) is 3. The number of nitrogens with zero attached hydrogens (tertiary/aromatic N) is 3. The van der Waals surface area contributed by atoms with Crippen LogP contribution in [0.4, 0.5) is 5.69 Å². The number of methoxy groups -OCH3 is 1. The first-order valence-corrected chi connectivity index (χ1v) is 24.5. The first kappa shape index (κ1) is 49.5. The smallest absolute Gasteiger partial charge is 0.303 e. The van der Waals surface area contributed by atoms with Gasteiger partial charge in [-0.3, -0.25) is 19.2 Å². The van der Waals surface area contributed by atoms with Crippen LogP contribution in [0.2, 0.25) is 10.0 Å². The van der Waals surface area contributed by atoms with E-state index >= 15 is 0 Å². The Hall–Kier alpha value is -4.48. The van der Waals surface area contributed by atoms with E-state index in [1.165, 1.54) is 28.5 Å². The van der Waals surface area contributed by atoms with Crippen molar-refractivity contribution < 1.29 is 27.5 Å². The van der Waals surface area contributed by atoms with E-state index in [-0.39, 0.29) is 35.6 Å². The second-order valence-corrected chi connectivity index (χ2v) is 19.6. The number of nitrogens with two attached hydrogens (primary N) is 1. The highest BCUT2D eigenvalue weighted by molar-refractivity contribution is 7.87. The van der Waals surface area contributed by atoms with Gasteiger partial charge in [-0.15, -0.1) is 11.3 Å². The van der Waals surface area contributed by atoms with Gasteiger partial charge in [-0.1, -0.05) is 69.0 Å². The highest BCUT2D eigenvalue weighted by Gasteiger charge is 2.43. The zero-order valence-electron chi connectivity index (χ0n) is 36.5. The largest absolute Gasteiger partial charge is 0.496 e. The summed E-state index contributed by atoms with van der Waals surface area (Å²) in [7, 11) is -1.98. The number of fused-ring (bicyclic) bond motifs is 1.